The first-order valence-electron chi connectivity index (χ1n) is 6.64. The van der Waals surface area contributed by atoms with Crippen LogP contribution < -0.4 is 0 Å². The van der Waals surface area contributed by atoms with Gasteiger partial charge in [0.25, 0.3) is 0 Å². The molecule has 1 heteroatoms. The molecule has 1 N–H and O–H groups in total. The maximum Gasteiger partial charge on any atom is 0.0744 e. The van der Waals surface area contributed by atoms with E-state index < -0.39 is 0 Å². The Hall–Kier alpha value is -0.560. The second-order valence-corrected chi connectivity index (χ2v) is 5.64. The van der Waals surface area contributed by atoms with Crippen LogP contribution in [-0.2, 0) is 0 Å². The third-order valence-corrected chi connectivity index (χ3v) is 4.61. The summed E-state index contributed by atoms with van der Waals surface area (Å²) in [6.45, 7) is 8.07. The number of fused-ring (bicyclic) bond motifs is 2. The molecule has 0 radical (unpaired) electrons. The van der Waals surface area contributed by atoms with Gasteiger partial charge in [0.05, 0.1) is 6.10 Å². The number of aliphatic hydroxyl groups is 1. The van der Waals surface area contributed by atoms with E-state index in [1.807, 2.05) is 6.92 Å². The van der Waals surface area contributed by atoms with Gasteiger partial charge < -0.3 is 5.11 Å². The number of allylic oxidation sites excluding steroid dienone is 2. The Balaban J connectivity index is 2.04. The van der Waals surface area contributed by atoms with Crippen LogP contribution in [0.5, 0.6) is 0 Å². The van der Waals surface area contributed by atoms with Gasteiger partial charge in [-0.2, -0.15) is 0 Å². The highest BCUT2D eigenvalue weighted by Crippen LogP contribution is 2.52. The molecule has 90 valence electrons. The van der Waals surface area contributed by atoms with Crippen LogP contribution in [0.2, 0.25) is 0 Å². The lowest BCUT2D eigenvalue weighted by Gasteiger charge is -2.26. The number of hydrogen-bond donors (Lipinski definition) is 1. The Bertz CT molecular complexity index is 292. The zero-order valence-corrected chi connectivity index (χ0v) is 10.5. The minimum Gasteiger partial charge on any atom is -0.389 e. The van der Waals surface area contributed by atoms with Gasteiger partial charge in [-0.25, -0.2) is 0 Å². The van der Waals surface area contributed by atoms with Crippen LogP contribution in [0, 0.1) is 23.7 Å². The lowest BCUT2D eigenvalue weighted by Crippen LogP contribution is -2.18. The summed E-state index contributed by atoms with van der Waals surface area (Å²) >= 11 is 0. The van der Waals surface area contributed by atoms with E-state index in [4.69, 9.17) is 0 Å². The Labute approximate surface area is 99.3 Å². The first kappa shape index (κ1) is 11.9. The number of hydrogen-bond acceptors (Lipinski definition) is 1. The van der Waals surface area contributed by atoms with Crippen molar-refractivity contribution in [1.29, 1.82) is 0 Å². The summed E-state index contributed by atoms with van der Waals surface area (Å²) in [5, 5.41) is 9.79. The van der Waals surface area contributed by atoms with Crippen LogP contribution in [0.15, 0.2) is 24.3 Å². The molecule has 1 nitrogen and oxygen atoms in total. The van der Waals surface area contributed by atoms with Crippen molar-refractivity contribution in [3.05, 3.63) is 24.3 Å². The summed E-state index contributed by atoms with van der Waals surface area (Å²) < 4.78 is 0. The third kappa shape index (κ3) is 2.10. The summed E-state index contributed by atoms with van der Waals surface area (Å²) in [5.41, 5.74) is 1.17. The molecule has 0 amide bonds. The molecule has 2 bridgehead atoms. The fourth-order valence-electron chi connectivity index (χ4n) is 3.69. The molecule has 0 spiro atoms. The highest BCUT2D eigenvalue weighted by molar-refractivity contribution is 5.13. The predicted octanol–water partition coefficient (Wildman–Crippen LogP) is 3.55. The molecule has 16 heavy (non-hydrogen) atoms. The van der Waals surface area contributed by atoms with Crippen molar-refractivity contribution in [1.82, 2.24) is 0 Å². The lowest BCUT2D eigenvalue weighted by molar-refractivity contribution is 0.204. The monoisotopic (exact) mass is 220 g/mol. The van der Waals surface area contributed by atoms with Gasteiger partial charge in [-0.3, -0.25) is 0 Å². The largest absolute Gasteiger partial charge is 0.389 e. The van der Waals surface area contributed by atoms with Gasteiger partial charge in [0.15, 0.2) is 0 Å². The Morgan fingerprint density at radius 1 is 1.38 bits per heavy atom. The average molecular weight is 220 g/mol. The second kappa shape index (κ2) is 4.75. The maximum absolute atomic E-state index is 9.79. The van der Waals surface area contributed by atoms with Crippen molar-refractivity contribution in [2.45, 2.75) is 45.6 Å². The van der Waals surface area contributed by atoms with E-state index in [-0.39, 0.29) is 6.10 Å². The zero-order valence-electron chi connectivity index (χ0n) is 10.5. The van der Waals surface area contributed by atoms with Crippen LogP contribution in [0.4, 0.5) is 0 Å². The van der Waals surface area contributed by atoms with Gasteiger partial charge in [0.2, 0.25) is 0 Å². The maximum atomic E-state index is 9.79. The molecule has 2 saturated carbocycles. The molecule has 2 aliphatic carbocycles. The van der Waals surface area contributed by atoms with E-state index in [1.54, 1.807) is 0 Å². The summed E-state index contributed by atoms with van der Waals surface area (Å²) in [4.78, 5) is 0. The smallest absolute Gasteiger partial charge is 0.0744 e. The number of rotatable bonds is 4. The van der Waals surface area contributed by atoms with E-state index >= 15 is 0 Å². The normalized spacial score (nSPS) is 40.1. The minimum absolute atomic E-state index is 0.235. The topological polar surface area (TPSA) is 20.2 Å². The average Bonchev–Trinajstić information content (AvgIpc) is 2.86. The molecule has 2 fully saturated rings. The van der Waals surface area contributed by atoms with E-state index in [0.717, 1.165) is 24.2 Å². The molecule has 0 heterocycles. The fourth-order valence-corrected chi connectivity index (χ4v) is 3.69. The molecule has 0 aromatic rings. The van der Waals surface area contributed by atoms with Gasteiger partial charge in [0, 0.05) is 0 Å². The molecule has 0 aromatic heterocycles. The lowest BCUT2D eigenvalue weighted by atomic mass is 9.79. The van der Waals surface area contributed by atoms with Gasteiger partial charge in [-0.15, -0.1) is 6.58 Å². The first-order chi connectivity index (χ1) is 7.65. The molecule has 0 aliphatic heterocycles. The summed E-state index contributed by atoms with van der Waals surface area (Å²) in [7, 11) is 0. The molecular weight excluding hydrogens is 196 g/mol. The quantitative estimate of drug-likeness (QED) is 0.718. The first-order valence-corrected chi connectivity index (χ1v) is 6.64. The van der Waals surface area contributed by atoms with Crippen molar-refractivity contribution in [2.75, 3.05) is 0 Å². The van der Waals surface area contributed by atoms with E-state index in [2.05, 4.69) is 25.7 Å². The SMILES string of the molecule is C=CC1CC2CC(/C=C(\C)C(O)CC)C1C2. The van der Waals surface area contributed by atoms with Crippen LogP contribution in [0.3, 0.4) is 0 Å². The van der Waals surface area contributed by atoms with Gasteiger partial charge >= 0.3 is 0 Å². The minimum atomic E-state index is -0.235. The van der Waals surface area contributed by atoms with Crippen molar-refractivity contribution >= 4 is 0 Å². The third-order valence-electron chi connectivity index (χ3n) is 4.61. The van der Waals surface area contributed by atoms with Crippen molar-refractivity contribution in [3.63, 3.8) is 0 Å². The van der Waals surface area contributed by atoms with Gasteiger partial charge in [-0.1, -0.05) is 19.1 Å². The van der Waals surface area contributed by atoms with Gasteiger partial charge in [0.1, 0.15) is 0 Å². The van der Waals surface area contributed by atoms with Crippen molar-refractivity contribution < 1.29 is 5.11 Å². The Kier molecular flexibility index (Phi) is 3.53. The zero-order chi connectivity index (χ0) is 11.7. The second-order valence-electron chi connectivity index (χ2n) is 5.64. The molecule has 0 aromatic carbocycles. The highest BCUT2D eigenvalue weighted by atomic mass is 16.3. The molecule has 5 atom stereocenters. The van der Waals surface area contributed by atoms with Crippen molar-refractivity contribution in [3.8, 4) is 0 Å². The molecule has 5 unspecified atom stereocenters. The van der Waals surface area contributed by atoms with Crippen LogP contribution in [0.1, 0.15) is 39.5 Å². The molecule has 2 aliphatic rings. The summed E-state index contributed by atoms with van der Waals surface area (Å²) in [6.07, 6.45) is 9.16. The van der Waals surface area contributed by atoms with Crippen molar-refractivity contribution in [2.24, 2.45) is 23.7 Å². The predicted molar refractivity (Wildman–Crippen MR) is 68.1 cm³/mol. The van der Waals surface area contributed by atoms with Crippen LogP contribution >= 0.6 is 0 Å². The fraction of sp³-hybridized carbons (Fsp3) is 0.733. The van der Waals surface area contributed by atoms with Crippen LogP contribution in [0.25, 0.3) is 0 Å². The highest BCUT2D eigenvalue weighted by Gasteiger charge is 2.43. The Morgan fingerprint density at radius 2 is 2.06 bits per heavy atom. The van der Waals surface area contributed by atoms with Crippen LogP contribution in [-0.4, -0.2) is 11.2 Å². The number of aliphatic hydroxyl groups excluding tert-OH is 1. The summed E-state index contributed by atoms with van der Waals surface area (Å²) in [5.74, 6) is 3.15. The molecule has 0 saturated heterocycles. The van der Waals surface area contributed by atoms with E-state index in [9.17, 15) is 5.11 Å². The van der Waals surface area contributed by atoms with E-state index in [0.29, 0.717) is 5.92 Å². The standard InChI is InChI=1S/C15H24O/c1-4-12-7-11-8-13(14(12)9-11)6-10(3)15(16)5-2/h4,6,11-16H,1,5,7-9H2,2-3H3/b10-6+. The van der Waals surface area contributed by atoms with E-state index in [1.165, 1.54) is 24.8 Å². The molecular formula is C15H24O. The van der Waals surface area contributed by atoms with Gasteiger partial charge in [-0.05, 0) is 61.9 Å². The Morgan fingerprint density at radius 3 is 2.62 bits per heavy atom. The summed E-state index contributed by atoms with van der Waals surface area (Å²) in [6, 6.07) is 0. The molecule has 2 rings (SSSR count).